The number of likely N-dealkylation sites (tertiary alicyclic amines) is 1. The Morgan fingerprint density at radius 2 is 2.13 bits per heavy atom. The van der Waals surface area contributed by atoms with Crippen LogP contribution in [-0.2, 0) is 7.05 Å². The maximum absolute atomic E-state index is 12.5. The molecule has 120 valence electrons. The summed E-state index contributed by atoms with van der Waals surface area (Å²) in [6.45, 7) is 0.915. The largest absolute Gasteiger partial charge is 0.458 e. The van der Waals surface area contributed by atoms with Crippen LogP contribution in [0.2, 0.25) is 5.02 Å². The van der Waals surface area contributed by atoms with Crippen molar-refractivity contribution < 1.29 is 9.53 Å². The van der Waals surface area contributed by atoms with Gasteiger partial charge in [-0.1, -0.05) is 11.6 Å². The van der Waals surface area contributed by atoms with Gasteiger partial charge in [0, 0.05) is 26.2 Å². The van der Waals surface area contributed by atoms with Gasteiger partial charge in [-0.15, -0.1) is 0 Å². The summed E-state index contributed by atoms with van der Waals surface area (Å²) in [6, 6.07) is 3.45. The fraction of sp³-hybridized carbons (Fsp3) is 0.333. The molecule has 1 fully saturated rings. The Labute approximate surface area is 137 Å². The lowest BCUT2D eigenvalue weighted by Crippen LogP contribution is -2.35. The maximum atomic E-state index is 12.5. The van der Waals surface area contributed by atoms with E-state index in [1.165, 1.54) is 17.0 Å². The third kappa shape index (κ3) is 3.34. The van der Waals surface area contributed by atoms with Crippen molar-refractivity contribution >= 4 is 17.5 Å². The van der Waals surface area contributed by atoms with Crippen LogP contribution < -0.4 is 10.3 Å². The Bertz CT molecular complexity index is 775. The Kier molecular flexibility index (Phi) is 4.29. The fourth-order valence-corrected chi connectivity index (χ4v) is 2.55. The first-order valence-electron chi connectivity index (χ1n) is 7.13. The van der Waals surface area contributed by atoms with Crippen LogP contribution in [0.1, 0.15) is 16.8 Å². The molecule has 0 aliphatic carbocycles. The second kappa shape index (κ2) is 6.37. The van der Waals surface area contributed by atoms with Gasteiger partial charge in [0.2, 0.25) is 0 Å². The van der Waals surface area contributed by atoms with E-state index in [1.807, 2.05) is 0 Å². The topological polar surface area (TPSA) is 77.3 Å². The Balaban J connectivity index is 1.67. The molecule has 0 radical (unpaired) electrons. The third-order valence-electron chi connectivity index (χ3n) is 3.65. The summed E-state index contributed by atoms with van der Waals surface area (Å²) in [5.74, 6) is -0.283. The van der Waals surface area contributed by atoms with Crippen molar-refractivity contribution in [3.63, 3.8) is 0 Å². The summed E-state index contributed by atoms with van der Waals surface area (Å²) >= 11 is 5.72. The number of aromatic nitrogens is 3. The number of hydrogen-bond donors (Lipinski definition) is 0. The zero-order valence-electron chi connectivity index (χ0n) is 12.5. The van der Waals surface area contributed by atoms with Gasteiger partial charge in [0.05, 0.1) is 24.0 Å². The molecule has 0 N–H and O–H groups in total. The van der Waals surface area contributed by atoms with E-state index in [4.69, 9.17) is 16.3 Å². The highest BCUT2D eigenvalue weighted by Gasteiger charge is 2.30. The molecule has 23 heavy (non-hydrogen) atoms. The standard InChI is InChI=1S/C15H15ClN4O3/c1-19-5-2-3-12(13(19)21)14(22)20-6-4-11(9-20)23-15-17-7-10(16)8-18-15/h2-3,5,7-8,11H,4,6,9H2,1H3/t11-/m1/s1. The second-order valence-corrected chi connectivity index (χ2v) is 5.74. The first-order valence-corrected chi connectivity index (χ1v) is 7.51. The second-order valence-electron chi connectivity index (χ2n) is 5.30. The molecule has 1 aliphatic rings. The zero-order chi connectivity index (χ0) is 16.4. The summed E-state index contributed by atoms with van der Waals surface area (Å²) in [4.78, 5) is 34.0. The lowest BCUT2D eigenvalue weighted by molar-refractivity contribution is 0.0767. The van der Waals surface area contributed by atoms with E-state index in [0.29, 0.717) is 24.5 Å². The predicted octanol–water partition coefficient (Wildman–Crippen LogP) is 1.12. The minimum Gasteiger partial charge on any atom is -0.458 e. The summed E-state index contributed by atoms with van der Waals surface area (Å²) in [5.41, 5.74) is -0.138. The van der Waals surface area contributed by atoms with Crippen molar-refractivity contribution in [2.45, 2.75) is 12.5 Å². The van der Waals surface area contributed by atoms with Crippen LogP contribution in [-0.4, -0.2) is 44.5 Å². The molecule has 0 saturated carbocycles. The molecule has 0 unspecified atom stereocenters. The van der Waals surface area contributed by atoms with E-state index in [1.54, 1.807) is 30.3 Å². The molecule has 1 aliphatic heterocycles. The Hall–Kier alpha value is -2.41. The highest BCUT2D eigenvalue weighted by Crippen LogP contribution is 2.17. The van der Waals surface area contributed by atoms with Gasteiger partial charge in [0.15, 0.2) is 0 Å². The molecule has 0 bridgehead atoms. The number of pyridine rings is 1. The van der Waals surface area contributed by atoms with E-state index < -0.39 is 0 Å². The average molecular weight is 335 g/mol. The number of ether oxygens (including phenoxy) is 1. The van der Waals surface area contributed by atoms with Gasteiger partial charge in [0.25, 0.3) is 11.5 Å². The van der Waals surface area contributed by atoms with Gasteiger partial charge >= 0.3 is 6.01 Å². The highest BCUT2D eigenvalue weighted by molar-refractivity contribution is 6.30. The summed E-state index contributed by atoms with van der Waals surface area (Å²) in [6.07, 6.45) is 4.98. The quantitative estimate of drug-likeness (QED) is 0.840. The van der Waals surface area contributed by atoms with Gasteiger partial charge in [-0.25, -0.2) is 9.97 Å². The van der Waals surface area contributed by atoms with Gasteiger partial charge in [-0.2, -0.15) is 0 Å². The van der Waals surface area contributed by atoms with E-state index in [-0.39, 0.29) is 29.1 Å². The number of rotatable bonds is 3. The molecule has 8 heteroatoms. The number of amides is 1. The maximum Gasteiger partial charge on any atom is 0.316 e. The van der Waals surface area contributed by atoms with Gasteiger partial charge in [0.1, 0.15) is 11.7 Å². The van der Waals surface area contributed by atoms with E-state index in [2.05, 4.69) is 9.97 Å². The zero-order valence-corrected chi connectivity index (χ0v) is 13.2. The number of carbonyl (C=O) groups is 1. The Morgan fingerprint density at radius 1 is 1.39 bits per heavy atom. The molecule has 3 rings (SSSR count). The van der Waals surface area contributed by atoms with E-state index >= 15 is 0 Å². The lowest BCUT2D eigenvalue weighted by Gasteiger charge is -2.16. The van der Waals surface area contributed by atoms with E-state index in [9.17, 15) is 9.59 Å². The van der Waals surface area contributed by atoms with Crippen molar-refractivity contribution in [1.29, 1.82) is 0 Å². The van der Waals surface area contributed by atoms with Crippen molar-refractivity contribution in [1.82, 2.24) is 19.4 Å². The molecule has 1 saturated heterocycles. The van der Waals surface area contributed by atoms with Crippen LogP contribution in [0.15, 0.2) is 35.5 Å². The molecule has 0 spiro atoms. The average Bonchev–Trinajstić information content (AvgIpc) is 3.00. The molecule has 7 nitrogen and oxygen atoms in total. The summed E-state index contributed by atoms with van der Waals surface area (Å²) in [7, 11) is 1.62. The van der Waals surface area contributed by atoms with Crippen molar-refractivity contribution in [3.05, 3.63) is 51.7 Å². The predicted molar refractivity (Wildman–Crippen MR) is 83.7 cm³/mol. The SMILES string of the molecule is Cn1cccc(C(=O)N2CC[C@@H](Oc3ncc(Cl)cn3)C2)c1=O. The number of hydrogen-bond acceptors (Lipinski definition) is 5. The Morgan fingerprint density at radius 3 is 2.87 bits per heavy atom. The molecular formula is C15H15ClN4O3. The van der Waals surface area contributed by atoms with Gasteiger partial charge in [-0.05, 0) is 12.1 Å². The summed E-state index contributed by atoms with van der Waals surface area (Å²) < 4.78 is 7.03. The van der Waals surface area contributed by atoms with Crippen LogP contribution >= 0.6 is 11.6 Å². The van der Waals surface area contributed by atoms with Crippen molar-refractivity contribution in [2.75, 3.05) is 13.1 Å². The molecule has 1 amide bonds. The minimum atomic E-state index is -0.303. The number of aryl methyl sites for hydroxylation is 1. The smallest absolute Gasteiger partial charge is 0.316 e. The third-order valence-corrected chi connectivity index (χ3v) is 3.85. The fourth-order valence-electron chi connectivity index (χ4n) is 2.45. The van der Waals surface area contributed by atoms with Crippen LogP contribution in [0.25, 0.3) is 0 Å². The van der Waals surface area contributed by atoms with Gasteiger partial charge in [-0.3, -0.25) is 9.59 Å². The van der Waals surface area contributed by atoms with E-state index in [0.717, 1.165) is 0 Å². The molecule has 1 atom stereocenters. The number of nitrogens with zero attached hydrogens (tertiary/aromatic N) is 4. The lowest BCUT2D eigenvalue weighted by atomic mass is 10.2. The first kappa shape index (κ1) is 15.5. The highest BCUT2D eigenvalue weighted by atomic mass is 35.5. The van der Waals surface area contributed by atoms with Crippen molar-refractivity contribution in [2.24, 2.45) is 7.05 Å². The minimum absolute atomic E-state index is 0.165. The number of carbonyl (C=O) groups excluding carboxylic acids is 1. The van der Waals surface area contributed by atoms with Gasteiger partial charge < -0.3 is 14.2 Å². The molecule has 0 aromatic carbocycles. The summed E-state index contributed by atoms with van der Waals surface area (Å²) in [5, 5.41) is 0.431. The normalized spacial score (nSPS) is 17.3. The van der Waals surface area contributed by atoms with Crippen LogP contribution in [0.4, 0.5) is 0 Å². The first-order chi connectivity index (χ1) is 11.0. The molecule has 3 heterocycles. The van der Waals surface area contributed by atoms with Crippen molar-refractivity contribution in [3.8, 4) is 6.01 Å². The van der Waals surface area contributed by atoms with Crippen LogP contribution in [0.5, 0.6) is 6.01 Å². The molecule has 2 aromatic heterocycles. The molecular weight excluding hydrogens is 320 g/mol. The monoisotopic (exact) mass is 334 g/mol. The molecule has 2 aromatic rings. The van der Waals surface area contributed by atoms with Crippen LogP contribution in [0, 0.1) is 0 Å². The van der Waals surface area contributed by atoms with Crippen LogP contribution in [0.3, 0.4) is 0 Å². The number of halogens is 1.